The first-order valence-electron chi connectivity index (χ1n) is 6.28. The summed E-state index contributed by atoms with van der Waals surface area (Å²) >= 11 is 1.44. The molecule has 0 saturated heterocycles. The van der Waals surface area contributed by atoms with Crippen LogP contribution in [0.3, 0.4) is 0 Å². The summed E-state index contributed by atoms with van der Waals surface area (Å²) in [6, 6.07) is 5.85. The molecule has 5 nitrogen and oxygen atoms in total. The smallest absolute Gasteiger partial charge is 0.336 e. The molecular weight excluding hydrogens is 286 g/mol. The number of carbonyl (C=O) groups excluding carboxylic acids is 1. The molecule has 0 aliphatic carbocycles. The van der Waals surface area contributed by atoms with E-state index in [9.17, 15) is 10.1 Å². The van der Waals surface area contributed by atoms with Gasteiger partial charge in [0, 0.05) is 18.1 Å². The van der Waals surface area contributed by atoms with Gasteiger partial charge in [0.05, 0.1) is 35.3 Å². The Hall–Kier alpha value is -2.26. The zero-order chi connectivity index (χ0) is 15.4. The molecule has 0 aromatic carbocycles. The van der Waals surface area contributed by atoms with Gasteiger partial charge in [-0.2, -0.15) is 5.26 Å². The lowest BCUT2D eigenvalue weighted by Crippen LogP contribution is -2.28. The van der Waals surface area contributed by atoms with Gasteiger partial charge in [0.1, 0.15) is 0 Å². The standard InChI is InChI=1S/C15H15N3O2S/c1-9-12(15(19)20-2)13(10-5-4-6-17-8-10)11(7-16)14(18-9)21-3/h4-6,8,13,18H,1-3H3/t13-/m0/s1. The molecule has 2 rings (SSSR count). The van der Waals surface area contributed by atoms with Gasteiger partial charge in [0.15, 0.2) is 0 Å². The average Bonchev–Trinajstić information content (AvgIpc) is 2.53. The molecular formula is C15H15N3O2S. The first-order valence-corrected chi connectivity index (χ1v) is 7.50. The number of nitrogens with one attached hydrogen (secondary N) is 1. The lowest BCUT2D eigenvalue weighted by atomic mass is 9.83. The van der Waals surface area contributed by atoms with Crippen LogP contribution in [0.5, 0.6) is 0 Å². The molecule has 1 aliphatic rings. The quantitative estimate of drug-likeness (QED) is 0.864. The topological polar surface area (TPSA) is 75.0 Å². The Morgan fingerprint density at radius 1 is 1.57 bits per heavy atom. The third kappa shape index (κ3) is 2.78. The molecule has 0 unspecified atom stereocenters. The number of allylic oxidation sites excluding steroid dienone is 2. The molecule has 1 aliphatic heterocycles. The van der Waals surface area contributed by atoms with Crippen LogP contribution in [-0.2, 0) is 9.53 Å². The highest BCUT2D eigenvalue weighted by atomic mass is 32.2. The number of esters is 1. The molecule has 1 atom stereocenters. The number of thioether (sulfide) groups is 1. The van der Waals surface area contributed by atoms with Crippen molar-refractivity contribution in [1.29, 1.82) is 5.26 Å². The summed E-state index contributed by atoms with van der Waals surface area (Å²) in [5.74, 6) is -0.901. The van der Waals surface area contributed by atoms with Gasteiger partial charge in [0.25, 0.3) is 0 Å². The molecule has 0 amide bonds. The predicted octanol–water partition coefficient (Wildman–Crippen LogP) is 2.31. The molecule has 0 fully saturated rings. The Bertz CT molecular complexity index is 659. The van der Waals surface area contributed by atoms with Crippen LogP contribution in [0.1, 0.15) is 18.4 Å². The van der Waals surface area contributed by atoms with Crippen LogP contribution in [0.25, 0.3) is 0 Å². The number of nitriles is 1. The van der Waals surface area contributed by atoms with Gasteiger partial charge in [-0.3, -0.25) is 4.98 Å². The van der Waals surface area contributed by atoms with E-state index in [0.29, 0.717) is 16.8 Å². The van der Waals surface area contributed by atoms with Crippen LogP contribution in [0.15, 0.2) is 46.4 Å². The van der Waals surface area contributed by atoms with Crippen molar-refractivity contribution in [1.82, 2.24) is 10.3 Å². The summed E-state index contributed by atoms with van der Waals surface area (Å²) < 4.78 is 4.88. The van der Waals surface area contributed by atoms with Crippen LogP contribution in [0, 0.1) is 11.3 Å². The molecule has 108 valence electrons. The largest absolute Gasteiger partial charge is 0.466 e. The number of rotatable bonds is 3. The Morgan fingerprint density at radius 3 is 2.86 bits per heavy atom. The second-order valence-electron chi connectivity index (χ2n) is 4.43. The van der Waals surface area contributed by atoms with E-state index >= 15 is 0 Å². The minimum Gasteiger partial charge on any atom is -0.466 e. The van der Waals surface area contributed by atoms with E-state index in [2.05, 4.69) is 16.4 Å². The average molecular weight is 301 g/mol. The number of nitrogens with zero attached hydrogens (tertiary/aromatic N) is 2. The van der Waals surface area contributed by atoms with Gasteiger partial charge < -0.3 is 10.1 Å². The molecule has 6 heteroatoms. The summed E-state index contributed by atoms with van der Waals surface area (Å²) in [4.78, 5) is 16.2. The van der Waals surface area contributed by atoms with E-state index in [0.717, 1.165) is 10.6 Å². The molecule has 21 heavy (non-hydrogen) atoms. The highest BCUT2D eigenvalue weighted by Crippen LogP contribution is 2.39. The van der Waals surface area contributed by atoms with Crippen LogP contribution >= 0.6 is 11.8 Å². The molecule has 1 N–H and O–H groups in total. The van der Waals surface area contributed by atoms with Crippen LogP contribution in [0.2, 0.25) is 0 Å². The lowest BCUT2D eigenvalue weighted by Gasteiger charge is -2.28. The zero-order valence-corrected chi connectivity index (χ0v) is 12.8. The number of carbonyl (C=O) groups is 1. The van der Waals surface area contributed by atoms with Crippen molar-refractivity contribution in [3.05, 3.63) is 52.0 Å². The van der Waals surface area contributed by atoms with Crippen LogP contribution < -0.4 is 5.32 Å². The maximum absolute atomic E-state index is 12.1. The first-order chi connectivity index (χ1) is 10.1. The van der Waals surface area contributed by atoms with Crippen molar-refractivity contribution in [2.75, 3.05) is 13.4 Å². The number of methoxy groups -OCH3 is 1. The third-order valence-electron chi connectivity index (χ3n) is 3.27. The summed E-state index contributed by atoms with van der Waals surface area (Å²) in [6.45, 7) is 1.81. The fourth-order valence-corrected chi connectivity index (χ4v) is 2.97. The van der Waals surface area contributed by atoms with Gasteiger partial charge in [-0.15, -0.1) is 11.8 Å². The fourth-order valence-electron chi connectivity index (χ4n) is 2.33. The summed E-state index contributed by atoms with van der Waals surface area (Å²) in [5.41, 5.74) is 2.43. The highest BCUT2D eigenvalue weighted by Gasteiger charge is 2.34. The number of dihydropyridines is 1. The van der Waals surface area contributed by atoms with E-state index in [1.54, 1.807) is 25.4 Å². The Labute approximate surface area is 127 Å². The molecule has 0 spiro atoms. The SMILES string of the molecule is COC(=O)C1=C(C)NC(SC)=C(C#N)[C@@H]1c1cccnc1. The molecule has 0 bridgehead atoms. The van der Waals surface area contributed by atoms with E-state index in [1.807, 2.05) is 12.3 Å². The van der Waals surface area contributed by atoms with Gasteiger partial charge >= 0.3 is 5.97 Å². The van der Waals surface area contributed by atoms with Gasteiger partial charge in [0.2, 0.25) is 0 Å². The van der Waals surface area contributed by atoms with E-state index in [1.165, 1.54) is 18.9 Å². The summed E-state index contributed by atoms with van der Waals surface area (Å²) in [6.07, 6.45) is 5.21. The monoisotopic (exact) mass is 301 g/mol. The van der Waals surface area contributed by atoms with E-state index in [-0.39, 0.29) is 0 Å². The summed E-state index contributed by atoms with van der Waals surface area (Å²) in [5, 5.41) is 13.4. The predicted molar refractivity (Wildman–Crippen MR) is 81.0 cm³/mol. The fraction of sp³-hybridized carbons (Fsp3) is 0.267. The van der Waals surface area contributed by atoms with Gasteiger partial charge in [-0.25, -0.2) is 4.79 Å². The molecule has 0 saturated carbocycles. The van der Waals surface area contributed by atoms with Gasteiger partial charge in [-0.05, 0) is 24.8 Å². The van der Waals surface area contributed by atoms with E-state index in [4.69, 9.17) is 4.74 Å². The molecule has 0 radical (unpaired) electrons. The van der Waals surface area contributed by atoms with Gasteiger partial charge in [-0.1, -0.05) is 6.07 Å². The van der Waals surface area contributed by atoms with Crippen molar-refractivity contribution < 1.29 is 9.53 Å². The Morgan fingerprint density at radius 2 is 2.33 bits per heavy atom. The normalized spacial score (nSPS) is 18.1. The highest BCUT2D eigenvalue weighted by molar-refractivity contribution is 8.02. The molecule has 1 aromatic rings. The maximum atomic E-state index is 12.1. The maximum Gasteiger partial charge on any atom is 0.336 e. The van der Waals surface area contributed by atoms with Crippen molar-refractivity contribution in [2.24, 2.45) is 0 Å². The summed E-state index contributed by atoms with van der Waals surface area (Å²) in [7, 11) is 1.34. The van der Waals surface area contributed by atoms with Crippen LogP contribution in [0.4, 0.5) is 0 Å². The van der Waals surface area contributed by atoms with Crippen molar-refractivity contribution >= 4 is 17.7 Å². The van der Waals surface area contributed by atoms with Crippen molar-refractivity contribution in [3.8, 4) is 6.07 Å². The minimum atomic E-state index is -0.458. The van der Waals surface area contributed by atoms with E-state index < -0.39 is 11.9 Å². The number of hydrogen-bond acceptors (Lipinski definition) is 6. The first kappa shape index (κ1) is 15.1. The third-order valence-corrected chi connectivity index (χ3v) is 4.00. The molecule has 2 heterocycles. The minimum absolute atomic E-state index is 0.443. The lowest BCUT2D eigenvalue weighted by molar-refractivity contribution is -0.136. The second kappa shape index (κ2) is 6.46. The van der Waals surface area contributed by atoms with Crippen LogP contribution in [-0.4, -0.2) is 24.3 Å². The number of ether oxygens (including phenoxy) is 1. The number of pyridine rings is 1. The number of aromatic nitrogens is 1. The Kier molecular flexibility index (Phi) is 4.66. The Balaban J connectivity index is 2.65. The zero-order valence-electron chi connectivity index (χ0n) is 12.0. The molecule has 1 aromatic heterocycles. The van der Waals surface area contributed by atoms with Crippen molar-refractivity contribution in [2.45, 2.75) is 12.8 Å². The van der Waals surface area contributed by atoms with Crippen molar-refractivity contribution in [3.63, 3.8) is 0 Å². The number of hydrogen-bond donors (Lipinski definition) is 1. The second-order valence-corrected chi connectivity index (χ2v) is 5.25.